The average Bonchev–Trinajstić information content (AvgIpc) is 3.06. The molecule has 2 N–H and O–H groups in total. The van der Waals surface area contributed by atoms with E-state index in [2.05, 4.69) is 24.8 Å². The van der Waals surface area contributed by atoms with Crippen LogP contribution in [0.1, 0.15) is 44.9 Å². The summed E-state index contributed by atoms with van der Waals surface area (Å²) in [6, 6.07) is 3.89. The molecule has 3 aliphatic rings. The molecule has 4 rings (SSSR count). The van der Waals surface area contributed by atoms with Crippen LogP contribution >= 0.6 is 0 Å². The number of aliphatic hydroxyl groups is 1. The van der Waals surface area contributed by atoms with Gasteiger partial charge in [-0.15, -0.1) is 0 Å². The molecule has 8 heteroatoms. The average molecular weight is 412 g/mol. The first-order valence-electron chi connectivity index (χ1n) is 10.6. The Morgan fingerprint density at radius 3 is 2.53 bits per heavy atom. The highest BCUT2D eigenvalue weighted by Crippen LogP contribution is 2.44. The van der Waals surface area contributed by atoms with Crippen molar-refractivity contribution in [3.63, 3.8) is 0 Å². The lowest BCUT2D eigenvalue weighted by atomic mass is 9.77. The maximum absolute atomic E-state index is 13.3. The summed E-state index contributed by atoms with van der Waals surface area (Å²) < 4.78 is 4.40. The second-order valence-corrected chi connectivity index (χ2v) is 8.52. The molecule has 2 amide bonds. The van der Waals surface area contributed by atoms with Crippen LogP contribution in [-0.4, -0.2) is 58.8 Å². The number of carbonyl (C=O) groups is 2. The molecule has 30 heavy (non-hydrogen) atoms. The van der Waals surface area contributed by atoms with E-state index in [1.807, 2.05) is 12.2 Å². The topological polar surface area (TPSA) is 95.0 Å². The molecular formula is C22H28N4O4. The molecule has 1 aliphatic carbocycles. The molecule has 8 nitrogen and oxygen atoms in total. The van der Waals surface area contributed by atoms with Crippen LogP contribution in [-0.2, 0) is 9.53 Å². The second-order valence-electron chi connectivity index (χ2n) is 8.52. The Hall–Kier alpha value is -2.79. The molecule has 0 bridgehead atoms. The Kier molecular flexibility index (Phi) is 5.82. The highest BCUT2D eigenvalue weighted by Gasteiger charge is 2.50. The van der Waals surface area contributed by atoms with E-state index in [9.17, 15) is 14.7 Å². The van der Waals surface area contributed by atoms with E-state index < -0.39 is 6.09 Å². The van der Waals surface area contributed by atoms with Gasteiger partial charge in [0.2, 0.25) is 5.91 Å². The van der Waals surface area contributed by atoms with Crippen molar-refractivity contribution in [2.45, 2.75) is 57.1 Å². The van der Waals surface area contributed by atoms with Crippen LogP contribution in [0.4, 0.5) is 16.3 Å². The van der Waals surface area contributed by atoms with Gasteiger partial charge in [0.05, 0.1) is 23.4 Å². The molecular weight excluding hydrogens is 384 g/mol. The standard InChI is InChI=1S/C22H28N4O4/c1-2-30-21(29)24-16-3-8-19(23-15-16)25-12-9-22(10-13-25)11-14-26(20(22)28)17-4-6-18(27)7-5-17/h1,3,8,15,17-18,27H,4-7,9-14H2,(H,24,29). The summed E-state index contributed by atoms with van der Waals surface area (Å²) in [7, 11) is 0. The number of terminal acetylenes is 1. The van der Waals surface area contributed by atoms with Crippen molar-refractivity contribution in [3.05, 3.63) is 18.3 Å². The molecule has 1 spiro atoms. The first-order chi connectivity index (χ1) is 14.5. The number of nitrogens with zero attached hydrogens (tertiary/aromatic N) is 3. The van der Waals surface area contributed by atoms with E-state index in [4.69, 9.17) is 6.42 Å². The Morgan fingerprint density at radius 1 is 1.20 bits per heavy atom. The number of aromatic nitrogens is 1. The lowest BCUT2D eigenvalue weighted by Gasteiger charge is -2.40. The zero-order chi connectivity index (χ0) is 21.1. The van der Waals surface area contributed by atoms with Crippen molar-refractivity contribution in [1.29, 1.82) is 0 Å². The summed E-state index contributed by atoms with van der Waals surface area (Å²) >= 11 is 0. The first-order valence-corrected chi connectivity index (χ1v) is 10.6. The molecule has 0 radical (unpaired) electrons. The van der Waals surface area contributed by atoms with Gasteiger partial charge < -0.3 is 19.6 Å². The van der Waals surface area contributed by atoms with Crippen molar-refractivity contribution >= 4 is 23.5 Å². The van der Waals surface area contributed by atoms with Crippen LogP contribution in [0.2, 0.25) is 0 Å². The van der Waals surface area contributed by atoms with Gasteiger partial charge in [-0.25, -0.2) is 9.78 Å². The quantitative estimate of drug-likeness (QED) is 0.740. The fourth-order valence-corrected chi connectivity index (χ4v) is 5.04. The van der Waals surface area contributed by atoms with E-state index in [0.29, 0.717) is 17.6 Å². The molecule has 2 aliphatic heterocycles. The zero-order valence-corrected chi connectivity index (χ0v) is 17.0. The number of carbonyl (C=O) groups excluding carboxylic acids is 2. The number of piperidine rings is 1. The van der Waals surface area contributed by atoms with Gasteiger partial charge in [0, 0.05) is 25.7 Å². The summed E-state index contributed by atoms with van der Waals surface area (Å²) in [5.74, 6) is 1.13. The van der Waals surface area contributed by atoms with E-state index in [-0.39, 0.29) is 11.5 Å². The van der Waals surface area contributed by atoms with Crippen molar-refractivity contribution in [3.8, 4) is 12.5 Å². The van der Waals surface area contributed by atoms with Crippen molar-refractivity contribution in [1.82, 2.24) is 9.88 Å². The number of aliphatic hydroxyl groups excluding tert-OH is 1. The third-order valence-electron chi connectivity index (χ3n) is 6.84. The predicted octanol–water partition coefficient (Wildman–Crippen LogP) is 2.34. The third-order valence-corrected chi connectivity index (χ3v) is 6.84. The van der Waals surface area contributed by atoms with Crippen LogP contribution in [0.3, 0.4) is 0 Å². The number of hydrogen-bond donors (Lipinski definition) is 2. The normalized spacial score (nSPS) is 25.8. The molecule has 1 aromatic heterocycles. The van der Waals surface area contributed by atoms with Crippen molar-refractivity contribution in [2.75, 3.05) is 29.9 Å². The van der Waals surface area contributed by atoms with Crippen LogP contribution in [0.25, 0.3) is 0 Å². The number of hydrogen-bond acceptors (Lipinski definition) is 6. The number of ether oxygens (including phenoxy) is 1. The number of nitrogens with one attached hydrogen (secondary N) is 1. The van der Waals surface area contributed by atoms with Gasteiger partial charge in [-0.3, -0.25) is 10.1 Å². The minimum Gasteiger partial charge on any atom is -0.393 e. The Morgan fingerprint density at radius 2 is 1.90 bits per heavy atom. The Bertz CT molecular complexity index is 819. The van der Waals surface area contributed by atoms with Gasteiger partial charge in [0.1, 0.15) is 11.9 Å². The molecule has 0 unspecified atom stereocenters. The van der Waals surface area contributed by atoms with Crippen LogP contribution in [0.15, 0.2) is 18.3 Å². The molecule has 3 fully saturated rings. The summed E-state index contributed by atoms with van der Waals surface area (Å²) in [5.41, 5.74) is 0.263. The van der Waals surface area contributed by atoms with Gasteiger partial charge >= 0.3 is 6.09 Å². The molecule has 2 saturated heterocycles. The lowest BCUT2D eigenvalue weighted by molar-refractivity contribution is -0.139. The van der Waals surface area contributed by atoms with Gasteiger partial charge in [-0.2, -0.15) is 0 Å². The van der Waals surface area contributed by atoms with E-state index >= 15 is 0 Å². The van der Waals surface area contributed by atoms with Gasteiger partial charge in [0.15, 0.2) is 0 Å². The molecule has 1 saturated carbocycles. The highest BCUT2D eigenvalue weighted by atomic mass is 16.5. The van der Waals surface area contributed by atoms with Gasteiger partial charge in [-0.05, 0) is 57.1 Å². The predicted molar refractivity (Wildman–Crippen MR) is 112 cm³/mol. The maximum Gasteiger partial charge on any atom is 0.425 e. The molecule has 0 aromatic carbocycles. The molecule has 1 aromatic rings. The number of pyridine rings is 1. The van der Waals surface area contributed by atoms with Crippen LogP contribution in [0, 0.1) is 17.9 Å². The van der Waals surface area contributed by atoms with Crippen molar-refractivity contribution < 1.29 is 19.4 Å². The van der Waals surface area contributed by atoms with Gasteiger partial charge in [0.25, 0.3) is 0 Å². The second kappa shape index (κ2) is 8.52. The molecule has 0 atom stereocenters. The summed E-state index contributed by atoms with van der Waals surface area (Å²) in [5, 5.41) is 12.3. The van der Waals surface area contributed by atoms with Crippen LogP contribution < -0.4 is 10.2 Å². The number of anilines is 2. The first kappa shape index (κ1) is 20.5. The maximum atomic E-state index is 13.3. The minimum absolute atomic E-state index is 0.201. The SMILES string of the molecule is C#COC(=O)Nc1ccc(N2CCC3(CC2)CCN(C2CCC(O)CC2)C3=O)nc1. The fraction of sp³-hybridized carbons (Fsp3) is 0.591. The number of amides is 2. The smallest absolute Gasteiger partial charge is 0.393 e. The van der Waals surface area contributed by atoms with Crippen molar-refractivity contribution in [2.24, 2.45) is 5.41 Å². The number of likely N-dealkylation sites (tertiary alicyclic amines) is 1. The molecule has 160 valence electrons. The zero-order valence-electron chi connectivity index (χ0n) is 17.0. The summed E-state index contributed by atoms with van der Waals surface area (Å²) in [6.45, 7) is 2.40. The van der Waals surface area contributed by atoms with Crippen LogP contribution in [0.5, 0.6) is 0 Å². The third kappa shape index (κ3) is 4.08. The van der Waals surface area contributed by atoms with E-state index in [1.165, 1.54) is 0 Å². The monoisotopic (exact) mass is 412 g/mol. The van der Waals surface area contributed by atoms with Gasteiger partial charge in [-0.1, -0.05) is 6.42 Å². The Balaban J connectivity index is 1.33. The summed E-state index contributed by atoms with van der Waals surface area (Å²) in [6.07, 6.45) is 13.4. The highest BCUT2D eigenvalue weighted by molar-refractivity contribution is 5.86. The lowest BCUT2D eigenvalue weighted by Crippen LogP contribution is -2.47. The van der Waals surface area contributed by atoms with E-state index in [0.717, 1.165) is 70.4 Å². The summed E-state index contributed by atoms with van der Waals surface area (Å²) in [4.78, 5) is 33.3. The number of rotatable bonds is 3. The van der Waals surface area contributed by atoms with E-state index in [1.54, 1.807) is 12.3 Å². The minimum atomic E-state index is -0.719. The Labute approximate surface area is 176 Å². The largest absolute Gasteiger partial charge is 0.425 e. The fourth-order valence-electron chi connectivity index (χ4n) is 5.04. The molecule has 3 heterocycles.